The number of rotatable bonds is 21. The Labute approximate surface area is 294 Å². The zero-order valence-corrected chi connectivity index (χ0v) is 29.8. The van der Waals surface area contributed by atoms with E-state index in [1.54, 1.807) is 24.3 Å². The molecule has 0 aliphatic heterocycles. The summed E-state index contributed by atoms with van der Waals surface area (Å²) in [5, 5.41) is 10.5. The van der Waals surface area contributed by atoms with Gasteiger partial charge in [-0.15, -0.1) is 0 Å². The Bertz CT molecular complexity index is 1400. The predicted molar refractivity (Wildman–Crippen MR) is 189 cm³/mol. The summed E-state index contributed by atoms with van der Waals surface area (Å²) in [5.41, 5.74) is 7.55. The van der Waals surface area contributed by atoms with Crippen LogP contribution >= 0.6 is 0 Å². The van der Waals surface area contributed by atoms with Crippen LogP contribution in [0.25, 0.3) is 0 Å². The highest BCUT2D eigenvalue weighted by Crippen LogP contribution is 2.14. The van der Waals surface area contributed by atoms with Crippen LogP contribution < -0.4 is 31.7 Å². The van der Waals surface area contributed by atoms with Crippen molar-refractivity contribution in [1.29, 1.82) is 0 Å². The first-order chi connectivity index (χ1) is 23.8. The van der Waals surface area contributed by atoms with Gasteiger partial charge in [0.05, 0.1) is 19.2 Å². The van der Waals surface area contributed by atoms with Crippen molar-refractivity contribution < 1.29 is 38.2 Å². The Morgan fingerprint density at radius 3 is 2.02 bits per heavy atom. The molecule has 0 heterocycles. The smallest absolute Gasteiger partial charge is 0.328 e. The molecule has 0 unspecified atom stereocenters. The minimum absolute atomic E-state index is 0.0857. The van der Waals surface area contributed by atoms with E-state index in [1.807, 2.05) is 44.2 Å². The quantitative estimate of drug-likeness (QED) is 0.0741. The number of carbonyl (C=O) groups excluding carboxylic acids is 6. The van der Waals surface area contributed by atoms with Crippen molar-refractivity contribution in [1.82, 2.24) is 21.3 Å². The van der Waals surface area contributed by atoms with E-state index in [4.69, 9.17) is 15.2 Å². The summed E-state index contributed by atoms with van der Waals surface area (Å²) >= 11 is 0. The highest BCUT2D eigenvalue weighted by molar-refractivity contribution is 5.94. The Morgan fingerprint density at radius 2 is 1.40 bits per heavy atom. The van der Waals surface area contributed by atoms with Crippen molar-refractivity contribution in [2.45, 2.75) is 104 Å². The van der Waals surface area contributed by atoms with Crippen LogP contribution in [0.2, 0.25) is 0 Å². The van der Waals surface area contributed by atoms with Crippen molar-refractivity contribution >= 4 is 35.6 Å². The molecule has 0 fully saturated rings. The third-order valence-electron chi connectivity index (χ3n) is 7.64. The summed E-state index contributed by atoms with van der Waals surface area (Å²) in [7, 11) is 0. The van der Waals surface area contributed by atoms with Crippen molar-refractivity contribution in [3.63, 3.8) is 0 Å². The van der Waals surface area contributed by atoms with E-state index in [1.165, 1.54) is 13.8 Å². The number of hydrogen-bond acceptors (Lipinski definition) is 9. The molecule has 0 aliphatic rings. The largest absolute Gasteiger partial charge is 0.464 e. The third kappa shape index (κ3) is 16.1. The van der Waals surface area contributed by atoms with Gasteiger partial charge in [-0.3, -0.25) is 24.0 Å². The third-order valence-corrected chi connectivity index (χ3v) is 7.64. The normalized spacial score (nSPS) is 13.3. The SMILES string of the molecule is CCCCCCOC(=O)[C@H](CC(C)C)NC(=O)[C@H](Cc1ccccc1)NC(=O)CNC(=O)[C@@H](C)NC(=O)[C@@H](N)Cc1ccc(OC(C)=O)cc1. The number of carbonyl (C=O) groups is 6. The topological polar surface area (TPSA) is 195 Å². The average molecular weight is 696 g/mol. The molecule has 2 aromatic carbocycles. The lowest BCUT2D eigenvalue weighted by atomic mass is 10.0. The fourth-order valence-corrected chi connectivity index (χ4v) is 4.98. The fourth-order valence-electron chi connectivity index (χ4n) is 4.98. The maximum absolute atomic E-state index is 13.5. The first-order valence-electron chi connectivity index (χ1n) is 17.2. The summed E-state index contributed by atoms with van der Waals surface area (Å²) in [6.45, 7) is 8.51. The monoisotopic (exact) mass is 695 g/mol. The van der Waals surface area contributed by atoms with Gasteiger partial charge in [0.1, 0.15) is 23.9 Å². The minimum Gasteiger partial charge on any atom is -0.464 e. The molecule has 2 rings (SSSR count). The molecule has 0 radical (unpaired) electrons. The molecule has 13 heteroatoms. The fraction of sp³-hybridized carbons (Fsp3) is 0.514. The van der Waals surface area contributed by atoms with Gasteiger partial charge in [0, 0.05) is 13.3 Å². The van der Waals surface area contributed by atoms with Crippen LogP contribution in [-0.2, 0) is 46.3 Å². The standard InChI is InChI=1S/C37H53N5O8/c1-6-7-8-12-19-49-37(48)32(20-24(2)3)42-36(47)31(22-27-13-10-9-11-14-27)41-33(44)23-39-34(45)25(4)40-35(46)30(38)21-28-15-17-29(18-16-28)50-26(5)43/h9-11,13-18,24-25,30-32H,6-8,12,19-23,38H2,1-5H3,(H,39,45)(H,40,46)(H,41,44)(H,42,47)/t25-,30+,31+,32+/m1/s1. The first kappa shape index (κ1) is 41.4. The van der Waals surface area contributed by atoms with Crippen LogP contribution in [0.1, 0.15) is 77.8 Å². The summed E-state index contributed by atoms with van der Waals surface area (Å²) < 4.78 is 10.5. The zero-order valence-electron chi connectivity index (χ0n) is 29.8. The second-order valence-corrected chi connectivity index (χ2v) is 12.7. The Kier molecular flexibility index (Phi) is 18.2. The molecular weight excluding hydrogens is 642 g/mol. The van der Waals surface area contributed by atoms with Crippen LogP contribution in [0.4, 0.5) is 0 Å². The van der Waals surface area contributed by atoms with Crippen molar-refractivity contribution in [3.8, 4) is 5.75 Å². The first-order valence-corrected chi connectivity index (χ1v) is 17.2. The predicted octanol–water partition coefficient (Wildman–Crippen LogP) is 2.48. The van der Waals surface area contributed by atoms with Gasteiger partial charge in [0.15, 0.2) is 0 Å². The van der Waals surface area contributed by atoms with Gasteiger partial charge in [-0.1, -0.05) is 82.5 Å². The number of unbranched alkanes of at least 4 members (excludes halogenated alkanes) is 3. The summed E-state index contributed by atoms with van der Waals surface area (Å²) in [5.74, 6) is -2.92. The van der Waals surface area contributed by atoms with E-state index in [0.717, 1.165) is 36.8 Å². The summed E-state index contributed by atoms with van der Waals surface area (Å²) in [6.07, 6.45) is 4.46. The molecule has 0 aliphatic carbocycles. The van der Waals surface area contributed by atoms with Crippen LogP contribution in [-0.4, -0.2) is 72.9 Å². The Balaban J connectivity index is 1.96. The maximum Gasteiger partial charge on any atom is 0.328 e. The molecule has 274 valence electrons. The molecule has 0 aromatic heterocycles. The van der Waals surface area contributed by atoms with E-state index < -0.39 is 66.3 Å². The van der Waals surface area contributed by atoms with Gasteiger partial charge >= 0.3 is 11.9 Å². The zero-order chi connectivity index (χ0) is 37.1. The van der Waals surface area contributed by atoms with E-state index in [9.17, 15) is 28.8 Å². The lowest BCUT2D eigenvalue weighted by Gasteiger charge is -2.24. The lowest BCUT2D eigenvalue weighted by molar-refractivity contribution is -0.148. The molecule has 0 saturated carbocycles. The molecule has 0 saturated heterocycles. The number of esters is 2. The van der Waals surface area contributed by atoms with Crippen LogP contribution in [0.5, 0.6) is 5.75 Å². The number of ether oxygens (including phenoxy) is 2. The van der Waals surface area contributed by atoms with Crippen LogP contribution in [0.3, 0.4) is 0 Å². The lowest BCUT2D eigenvalue weighted by Crippen LogP contribution is -2.55. The molecule has 0 bridgehead atoms. The highest BCUT2D eigenvalue weighted by atomic mass is 16.5. The minimum atomic E-state index is -1.05. The van der Waals surface area contributed by atoms with Gasteiger partial charge in [0.25, 0.3) is 0 Å². The Hall–Kier alpha value is -4.78. The number of hydrogen-bond donors (Lipinski definition) is 5. The number of benzene rings is 2. The van der Waals surface area contributed by atoms with Crippen molar-refractivity contribution in [2.24, 2.45) is 11.7 Å². The van der Waals surface area contributed by atoms with Gasteiger partial charge < -0.3 is 36.5 Å². The van der Waals surface area contributed by atoms with Crippen LogP contribution in [0.15, 0.2) is 54.6 Å². The summed E-state index contributed by atoms with van der Waals surface area (Å²) in [4.78, 5) is 75.9. The number of nitrogens with two attached hydrogens (primary N) is 1. The molecular formula is C37H53N5O8. The molecule has 13 nitrogen and oxygen atoms in total. The molecule has 2 aromatic rings. The molecule has 4 amide bonds. The Morgan fingerprint density at radius 1 is 0.740 bits per heavy atom. The van der Waals surface area contributed by atoms with E-state index in [2.05, 4.69) is 28.2 Å². The summed E-state index contributed by atoms with van der Waals surface area (Å²) in [6, 6.07) is 11.7. The second-order valence-electron chi connectivity index (χ2n) is 12.7. The molecule has 0 spiro atoms. The van der Waals surface area contributed by atoms with E-state index in [0.29, 0.717) is 12.2 Å². The number of nitrogens with one attached hydrogen (secondary N) is 4. The van der Waals surface area contributed by atoms with E-state index in [-0.39, 0.29) is 25.4 Å². The molecule has 50 heavy (non-hydrogen) atoms. The van der Waals surface area contributed by atoms with Crippen LogP contribution in [0, 0.1) is 5.92 Å². The molecule has 4 atom stereocenters. The molecule has 6 N–H and O–H groups in total. The van der Waals surface area contributed by atoms with E-state index >= 15 is 0 Å². The van der Waals surface area contributed by atoms with Gasteiger partial charge in [-0.05, 0) is 55.4 Å². The van der Waals surface area contributed by atoms with Crippen molar-refractivity contribution in [3.05, 3.63) is 65.7 Å². The highest BCUT2D eigenvalue weighted by Gasteiger charge is 2.29. The average Bonchev–Trinajstić information content (AvgIpc) is 3.07. The van der Waals surface area contributed by atoms with Crippen molar-refractivity contribution in [2.75, 3.05) is 13.2 Å². The number of amides is 4. The van der Waals surface area contributed by atoms with Gasteiger partial charge in [-0.25, -0.2) is 4.79 Å². The van der Waals surface area contributed by atoms with Gasteiger partial charge in [0.2, 0.25) is 23.6 Å². The maximum atomic E-state index is 13.5. The van der Waals surface area contributed by atoms with Gasteiger partial charge in [-0.2, -0.15) is 0 Å². The second kappa shape index (κ2) is 22.0.